The SMILES string of the molecule is NC(C(=O)NCC1(CO)CCCCC1)c1cccs1. The topological polar surface area (TPSA) is 75.4 Å². The number of aliphatic hydroxyl groups excluding tert-OH is 1. The molecule has 1 saturated carbocycles. The van der Waals surface area contributed by atoms with Crippen molar-refractivity contribution >= 4 is 17.2 Å². The Morgan fingerprint density at radius 3 is 2.79 bits per heavy atom. The van der Waals surface area contributed by atoms with Crippen molar-refractivity contribution in [3.8, 4) is 0 Å². The molecule has 2 rings (SSSR count). The highest BCUT2D eigenvalue weighted by atomic mass is 32.1. The molecule has 1 aliphatic carbocycles. The molecule has 1 unspecified atom stereocenters. The van der Waals surface area contributed by atoms with E-state index in [2.05, 4.69) is 5.32 Å². The molecule has 0 spiro atoms. The summed E-state index contributed by atoms with van der Waals surface area (Å²) in [7, 11) is 0. The molecule has 0 aliphatic heterocycles. The molecule has 1 amide bonds. The highest BCUT2D eigenvalue weighted by Crippen LogP contribution is 2.35. The summed E-state index contributed by atoms with van der Waals surface area (Å²) < 4.78 is 0. The number of hydrogen-bond acceptors (Lipinski definition) is 4. The van der Waals surface area contributed by atoms with Gasteiger partial charge in [-0.2, -0.15) is 0 Å². The first-order valence-corrected chi connectivity index (χ1v) is 7.72. The predicted molar refractivity (Wildman–Crippen MR) is 76.9 cm³/mol. The quantitative estimate of drug-likeness (QED) is 0.771. The van der Waals surface area contributed by atoms with Crippen molar-refractivity contribution in [3.63, 3.8) is 0 Å². The standard InChI is InChI=1S/C14H22N2O2S/c15-12(11-5-4-8-19-11)13(18)16-9-14(10-17)6-2-1-3-7-14/h4-5,8,12,17H,1-3,6-7,9-10,15H2,(H,16,18). The van der Waals surface area contributed by atoms with Crippen molar-refractivity contribution in [2.45, 2.75) is 38.1 Å². The number of amides is 1. The Morgan fingerprint density at radius 2 is 2.21 bits per heavy atom. The number of carbonyl (C=O) groups is 1. The summed E-state index contributed by atoms with van der Waals surface area (Å²) in [5, 5.41) is 14.4. The molecule has 5 heteroatoms. The van der Waals surface area contributed by atoms with Gasteiger partial charge in [-0.05, 0) is 24.3 Å². The lowest BCUT2D eigenvalue weighted by Gasteiger charge is -2.35. The third-order valence-electron chi connectivity index (χ3n) is 4.02. The van der Waals surface area contributed by atoms with Crippen LogP contribution in [0.4, 0.5) is 0 Å². The minimum Gasteiger partial charge on any atom is -0.396 e. The fourth-order valence-corrected chi connectivity index (χ4v) is 3.40. The first kappa shape index (κ1) is 14.5. The van der Waals surface area contributed by atoms with Crippen LogP contribution in [0.3, 0.4) is 0 Å². The molecular weight excluding hydrogens is 260 g/mol. The van der Waals surface area contributed by atoms with Gasteiger partial charge in [-0.15, -0.1) is 11.3 Å². The molecule has 1 heterocycles. The molecule has 1 atom stereocenters. The maximum atomic E-state index is 12.0. The molecule has 4 N–H and O–H groups in total. The van der Waals surface area contributed by atoms with Gasteiger partial charge in [0, 0.05) is 16.8 Å². The second kappa shape index (κ2) is 6.50. The summed E-state index contributed by atoms with van der Waals surface area (Å²) in [5.41, 5.74) is 5.78. The zero-order chi connectivity index (χ0) is 13.7. The summed E-state index contributed by atoms with van der Waals surface area (Å²) >= 11 is 1.49. The molecule has 0 saturated heterocycles. The van der Waals surface area contributed by atoms with Crippen LogP contribution >= 0.6 is 11.3 Å². The highest BCUT2D eigenvalue weighted by molar-refractivity contribution is 7.10. The maximum Gasteiger partial charge on any atom is 0.242 e. The molecule has 1 fully saturated rings. The van der Waals surface area contributed by atoms with Crippen LogP contribution < -0.4 is 11.1 Å². The smallest absolute Gasteiger partial charge is 0.242 e. The monoisotopic (exact) mass is 282 g/mol. The molecule has 0 bridgehead atoms. The van der Waals surface area contributed by atoms with E-state index in [0.29, 0.717) is 6.54 Å². The lowest BCUT2D eigenvalue weighted by atomic mass is 9.74. The fraction of sp³-hybridized carbons (Fsp3) is 0.643. The zero-order valence-electron chi connectivity index (χ0n) is 11.1. The van der Waals surface area contributed by atoms with Crippen molar-refractivity contribution in [3.05, 3.63) is 22.4 Å². The van der Waals surface area contributed by atoms with Crippen LogP contribution in [0, 0.1) is 5.41 Å². The fourth-order valence-electron chi connectivity index (χ4n) is 2.67. The van der Waals surface area contributed by atoms with Gasteiger partial charge in [0.1, 0.15) is 6.04 Å². The van der Waals surface area contributed by atoms with Gasteiger partial charge in [-0.1, -0.05) is 25.3 Å². The van der Waals surface area contributed by atoms with Gasteiger partial charge in [0.25, 0.3) is 0 Å². The second-order valence-electron chi connectivity index (χ2n) is 5.43. The summed E-state index contributed by atoms with van der Waals surface area (Å²) in [6.07, 6.45) is 5.46. The summed E-state index contributed by atoms with van der Waals surface area (Å²) in [5.74, 6) is -0.152. The zero-order valence-corrected chi connectivity index (χ0v) is 11.9. The first-order chi connectivity index (χ1) is 9.17. The lowest BCUT2D eigenvalue weighted by Crippen LogP contribution is -2.44. The van der Waals surface area contributed by atoms with Gasteiger partial charge in [0.05, 0.1) is 6.61 Å². The van der Waals surface area contributed by atoms with E-state index in [1.165, 1.54) is 17.8 Å². The summed E-state index contributed by atoms with van der Waals surface area (Å²) in [6.45, 7) is 0.670. The molecule has 19 heavy (non-hydrogen) atoms. The van der Waals surface area contributed by atoms with Gasteiger partial charge in [-0.3, -0.25) is 4.79 Å². The van der Waals surface area contributed by atoms with E-state index in [4.69, 9.17) is 5.73 Å². The lowest BCUT2D eigenvalue weighted by molar-refractivity contribution is -0.123. The van der Waals surface area contributed by atoms with E-state index < -0.39 is 6.04 Å². The maximum absolute atomic E-state index is 12.0. The molecule has 0 aromatic carbocycles. The molecule has 1 aromatic rings. The van der Waals surface area contributed by atoms with E-state index >= 15 is 0 Å². The third kappa shape index (κ3) is 3.55. The Morgan fingerprint density at radius 1 is 1.47 bits per heavy atom. The van der Waals surface area contributed by atoms with Crippen LogP contribution in [0.1, 0.15) is 43.0 Å². The minimum atomic E-state index is -0.598. The largest absolute Gasteiger partial charge is 0.396 e. The van der Waals surface area contributed by atoms with Gasteiger partial charge < -0.3 is 16.2 Å². The van der Waals surface area contributed by atoms with Gasteiger partial charge in [0.15, 0.2) is 0 Å². The molecule has 1 aliphatic rings. The van der Waals surface area contributed by atoms with E-state index in [1.54, 1.807) is 0 Å². The summed E-state index contributed by atoms with van der Waals surface area (Å²) in [6, 6.07) is 3.17. The van der Waals surface area contributed by atoms with E-state index in [-0.39, 0.29) is 17.9 Å². The predicted octanol–water partition coefficient (Wildman–Crippen LogP) is 1.81. The number of thiophene rings is 1. The van der Waals surface area contributed by atoms with Gasteiger partial charge in [-0.25, -0.2) is 0 Å². The number of nitrogens with one attached hydrogen (secondary N) is 1. The summed E-state index contributed by atoms with van der Waals surface area (Å²) in [4.78, 5) is 12.9. The highest BCUT2D eigenvalue weighted by Gasteiger charge is 2.32. The van der Waals surface area contributed by atoms with Crippen molar-refractivity contribution in [2.75, 3.05) is 13.2 Å². The van der Waals surface area contributed by atoms with Gasteiger partial charge in [0.2, 0.25) is 5.91 Å². The van der Waals surface area contributed by atoms with Crippen LogP contribution in [0.2, 0.25) is 0 Å². The average molecular weight is 282 g/mol. The van der Waals surface area contributed by atoms with Crippen molar-refractivity contribution in [2.24, 2.45) is 11.1 Å². The molecule has 106 valence electrons. The Hall–Kier alpha value is -0.910. The van der Waals surface area contributed by atoms with Crippen LogP contribution in [0.15, 0.2) is 17.5 Å². The van der Waals surface area contributed by atoms with Gasteiger partial charge >= 0.3 is 0 Å². The Labute approximate surface area is 118 Å². The Balaban J connectivity index is 1.88. The number of rotatable bonds is 5. The van der Waals surface area contributed by atoms with Crippen LogP contribution in [0.5, 0.6) is 0 Å². The van der Waals surface area contributed by atoms with E-state index in [9.17, 15) is 9.90 Å². The van der Waals surface area contributed by atoms with Crippen LogP contribution in [-0.2, 0) is 4.79 Å². The molecule has 1 aromatic heterocycles. The number of hydrogen-bond donors (Lipinski definition) is 3. The average Bonchev–Trinajstić information content (AvgIpc) is 2.99. The minimum absolute atomic E-state index is 0.136. The van der Waals surface area contributed by atoms with Crippen LogP contribution in [-0.4, -0.2) is 24.2 Å². The normalized spacial score (nSPS) is 19.9. The van der Waals surface area contributed by atoms with Crippen molar-refractivity contribution < 1.29 is 9.90 Å². The van der Waals surface area contributed by atoms with E-state index in [0.717, 1.165) is 30.6 Å². The molecule has 4 nitrogen and oxygen atoms in total. The third-order valence-corrected chi connectivity index (χ3v) is 4.97. The number of nitrogens with two attached hydrogens (primary N) is 1. The number of aliphatic hydroxyl groups is 1. The Kier molecular flexibility index (Phi) is 4.96. The molecular formula is C14H22N2O2S. The first-order valence-electron chi connectivity index (χ1n) is 6.84. The second-order valence-corrected chi connectivity index (χ2v) is 6.41. The molecule has 0 radical (unpaired) electrons. The van der Waals surface area contributed by atoms with E-state index in [1.807, 2.05) is 17.5 Å². The van der Waals surface area contributed by atoms with Crippen molar-refractivity contribution in [1.29, 1.82) is 0 Å². The Bertz CT molecular complexity index is 400. The number of carbonyl (C=O) groups excluding carboxylic acids is 1. The van der Waals surface area contributed by atoms with Crippen LogP contribution in [0.25, 0.3) is 0 Å². The van der Waals surface area contributed by atoms with Crippen molar-refractivity contribution in [1.82, 2.24) is 5.32 Å².